The summed E-state index contributed by atoms with van der Waals surface area (Å²) in [5.41, 5.74) is 0. The summed E-state index contributed by atoms with van der Waals surface area (Å²) in [5, 5.41) is 1.70. The molecule has 0 atom stereocenters. The Morgan fingerprint density at radius 1 is 1.31 bits per heavy atom. The topological polar surface area (TPSA) is 9.23 Å². The Labute approximate surface area is 77.6 Å². The van der Waals surface area contributed by atoms with Crippen LogP contribution in [0, 0.1) is 11.6 Å². The first-order chi connectivity index (χ1) is 6.22. The third-order valence-electron chi connectivity index (χ3n) is 1.78. The summed E-state index contributed by atoms with van der Waals surface area (Å²) in [6, 6.07) is 2.48. The van der Waals surface area contributed by atoms with Crippen LogP contribution in [-0.2, 0) is 0 Å². The van der Waals surface area contributed by atoms with E-state index in [9.17, 15) is 8.78 Å². The molecule has 0 aliphatic rings. The Hall–Kier alpha value is -1.16. The van der Waals surface area contributed by atoms with Crippen molar-refractivity contribution >= 4 is 21.4 Å². The third kappa shape index (κ3) is 1.27. The second kappa shape index (κ2) is 2.96. The van der Waals surface area contributed by atoms with Crippen LogP contribution in [0.3, 0.4) is 0 Å². The predicted octanol–water partition coefficient (Wildman–Crippen LogP) is 3.19. The number of hydrogen-bond acceptors (Lipinski definition) is 2. The Kier molecular flexibility index (Phi) is 1.92. The zero-order valence-corrected chi connectivity index (χ0v) is 7.62. The van der Waals surface area contributed by atoms with E-state index in [1.54, 1.807) is 0 Å². The van der Waals surface area contributed by atoms with Crippen LogP contribution in [0.15, 0.2) is 17.5 Å². The van der Waals surface area contributed by atoms with E-state index in [4.69, 9.17) is 4.74 Å². The molecule has 68 valence electrons. The lowest BCUT2D eigenvalue weighted by Gasteiger charge is -2.01. The van der Waals surface area contributed by atoms with Crippen molar-refractivity contribution in [2.45, 2.75) is 0 Å². The van der Waals surface area contributed by atoms with Gasteiger partial charge < -0.3 is 4.74 Å². The lowest BCUT2D eigenvalue weighted by Crippen LogP contribution is -1.86. The summed E-state index contributed by atoms with van der Waals surface area (Å²) in [5.74, 6) is -0.531. The molecular formula is C9H6F2OS. The monoisotopic (exact) mass is 200 g/mol. The molecule has 2 rings (SSSR count). The van der Waals surface area contributed by atoms with Gasteiger partial charge in [0, 0.05) is 16.1 Å². The van der Waals surface area contributed by atoms with Crippen molar-refractivity contribution < 1.29 is 13.5 Å². The van der Waals surface area contributed by atoms with E-state index >= 15 is 0 Å². The largest absolute Gasteiger partial charge is 0.496 e. The van der Waals surface area contributed by atoms with Crippen molar-refractivity contribution in [1.29, 1.82) is 0 Å². The molecule has 0 aliphatic heterocycles. The van der Waals surface area contributed by atoms with Gasteiger partial charge in [0.2, 0.25) is 0 Å². The van der Waals surface area contributed by atoms with Crippen molar-refractivity contribution in [1.82, 2.24) is 0 Å². The molecule has 1 aromatic heterocycles. The average Bonchev–Trinajstić information content (AvgIpc) is 2.46. The van der Waals surface area contributed by atoms with Crippen LogP contribution in [0.2, 0.25) is 0 Å². The van der Waals surface area contributed by atoms with Crippen LogP contribution in [0.1, 0.15) is 0 Å². The van der Waals surface area contributed by atoms with E-state index in [0.717, 1.165) is 11.3 Å². The number of hydrogen-bond donors (Lipinski definition) is 0. The Bertz CT molecular complexity index is 450. The molecule has 0 bridgehead atoms. The van der Waals surface area contributed by atoms with Gasteiger partial charge >= 0.3 is 0 Å². The fraction of sp³-hybridized carbons (Fsp3) is 0.111. The quantitative estimate of drug-likeness (QED) is 0.687. The van der Waals surface area contributed by atoms with Gasteiger partial charge in [0.15, 0.2) is 0 Å². The van der Waals surface area contributed by atoms with Gasteiger partial charge in [-0.25, -0.2) is 8.78 Å². The van der Waals surface area contributed by atoms with Crippen LogP contribution in [0.4, 0.5) is 8.78 Å². The molecule has 1 aromatic carbocycles. The minimum absolute atomic E-state index is 0.244. The van der Waals surface area contributed by atoms with Crippen molar-refractivity contribution in [3.63, 3.8) is 0 Å². The molecule has 2 aromatic rings. The molecule has 0 saturated carbocycles. The van der Waals surface area contributed by atoms with Crippen molar-refractivity contribution in [2.24, 2.45) is 0 Å². The maximum absolute atomic E-state index is 13.1. The van der Waals surface area contributed by atoms with Crippen molar-refractivity contribution in [2.75, 3.05) is 7.11 Å². The Morgan fingerprint density at radius 3 is 2.77 bits per heavy atom. The molecule has 0 amide bonds. The van der Waals surface area contributed by atoms with Gasteiger partial charge in [0.1, 0.15) is 17.4 Å². The van der Waals surface area contributed by atoms with Gasteiger partial charge in [-0.2, -0.15) is 0 Å². The summed E-state index contributed by atoms with van der Waals surface area (Å²) in [4.78, 5) is 0. The first-order valence-electron chi connectivity index (χ1n) is 3.62. The van der Waals surface area contributed by atoms with Crippen LogP contribution in [0.25, 0.3) is 10.1 Å². The molecule has 0 fully saturated rings. The highest BCUT2D eigenvalue weighted by atomic mass is 32.1. The van der Waals surface area contributed by atoms with E-state index < -0.39 is 5.82 Å². The number of halogens is 2. The number of methoxy groups -OCH3 is 1. The van der Waals surface area contributed by atoms with Gasteiger partial charge in [-0.1, -0.05) is 0 Å². The van der Waals surface area contributed by atoms with Crippen LogP contribution < -0.4 is 4.74 Å². The number of fused-ring (bicyclic) bond motifs is 1. The summed E-state index contributed by atoms with van der Waals surface area (Å²) in [6.07, 6.45) is 0. The first kappa shape index (κ1) is 8.44. The SMILES string of the molecule is COc1cc(F)cc2scc(F)c12. The van der Waals surface area contributed by atoms with Crippen LogP contribution >= 0.6 is 11.3 Å². The number of benzene rings is 1. The van der Waals surface area contributed by atoms with Crippen molar-refractivity contribution in [3.05, 3.63) is 29.1 Å². The Morgan fingerprint density at radius 2 is 2.08 bits per heavy atom. The highest BCUT2D eigenvalue weighted by Gasteiger charge is 2.10. The number of ether oxygens (including phenoxy) is 1. The van der Waals surface area contributed by atoms with Gasteiger partial charge in [-0.3, -0.25) is 0 Å². The molecule has 1 heterocycles. The van der Waals surface area contributed by atoms with Crippen LogP contribution in [0.5, 0.6) is 5.75 Å². The molecule has 0 radical (unpaired) electrons. The average molecular weight is 200 g/mol. The smallest absolute Gasteiger partial charge is 0.145 e. The molecule has 0 saturated heterocycles. The van der Waals surface area contributed by atoms with E-state index in [2.05, 4.69) is 0 Å². The number of rotatable bonds is 1. The minimum atomic E-state index is -0.411. The normalized spacial score (nSPS) is 10.7. The highest BCUT2D eigenvalue weighted by molar-refractivity contribution is 7.17. The molecule has 0 spiro atoms. The summed E-state index contributed by atoms with van der Waals surface area (Å²) >= 11 is 1.16. The zero-order valence-electron chi connectivity index (χ0n) is 6.80. The van der Waals surface area contributed by atoms with E-state index in [0.29, 0.717) is 10.1 Å². The zero-order chi connectivity index (χ0) is 9.42. The fourth-order valence-corrected chi connectivity index (χ4v) is 2.07. The number of thiophene rings is 1. The third-order valence-corrected chi connectivity index (χ3v) is 2.68. The first-order valence-corrected chi connectivity index (χ1v) is 4.50. The van der Waals surface area contributed by atoms with Crippen molar-refractivity contribution in [3.8, 4) is 5.75 Å². The molecule has 13 heavy (non-hydrogen) atoms. The predicted molar refractivity (Wildman–Crippen MR) is 48.3 cm³/mol. The molecule has 0 unspecified atom stereocenters. The van der Waals surface area contributed by atoms with Gasteiger partial charge in [-0.05, 0) is 6.07 Å². The summed E-state index contributed by atoms with van der Waals surface area (Å²) < 4.78 is 31.5. The van der Waals surface area contributed by atoms with E-state index in [1.165, 1.54) is 24.6 Å². The molecule has 0 aliphatic carbocycles. The molecule has 0 N–H and O–H groups in total. The minimum Gasteiger partial charge on any atom is -0.496 e. The summed E-state index contributed by atoms with van der Waals surface area (Å²) in [7, 11) is 1.39. The van der Waals surface area contributed by atoms with Gasteiger partial charge in [0.05, 0.1) is 12.5 Å². The highest BCUT2D eigenvalue weighted by Crippen LogP contribution is 2.33. The fourth-order valence-electron chi connectivity index (χ4n) is 1.22. The maximum atomic E-state index is 13.1. The second-order valence-corrected chi connectivity index (χ2v) is 3.48. The van der Waals surface area contributed by atoms with Gasteiger partial charge in [-0.15, -0.1) is 11.3 Å². The summed E-state index contributed by atoms with van der Waals surface area (Å²) in [6.45, 7) is 0. The van der Waals surface area contributed by atoms with E-state index in [-0.39, 0.29) is 11.6 Å². The lowest BCUT2D eigenvalue weighted by molar-refractivity contribution is 0.415. The van der Waals surface area contributed by atoms with Crippen LogP contribution in [-0.4, -0.2) is 7.11 Å². The second-order valence-electron chi connectivity index (χ2n) is 2.56. The lowest BCUT2D eigenvalue weighted by atomic mass is 10.2. The Balaban J connectivity index is 2.85. The maximum Gasteiger partial charge on any atom is 0.145 e. The molecule has 4 heteroatoms. The van der Waals surface area contributed by atoms with E-state index in [1.807, 2.05) is 0 Å². The van der Waals surface area contributed by atoms with Gasteiger partial charge in [0.25, 0.3) is 0 Å². The standard InChI is InChI=1S/C9H6F2OS/c1-12-7-2-5(10)3-8-9(7)6(11)4-13-8/h2-4H,1H3. The molecule has 1 nitrogen and oxygen atoms in total. The molecular weight excluding hydrogens is 194 g/mol.